The number of fused-ring (bicyclic) bond motifs is 1. The molecule has 14 heteroatoms. The summed E-state index contributed by atoms with van der Waals surface area (Å²) in [5, 5.41) is 16.6. The number of β-lactam (4-membered cyclic amide) rings is 1. The number of carbonyl (C=O) groups excluding carboxylic acids is 4. The zero-order valence-electron chi connectivity index (χ0n) is 17.9. The Hall–Kier alpha value is -4.07. The summed E-state index contributed by atoms with van der Waals surface area (Å²) < 4.78 is 9.67. The van der Waals surface area contributed by atoms with Gasteiger partial charge in [-0.05, 0) is 17.5 Å². The number of oxime groups is 1. The van der Waals surface area contributed by atoms with E-state index in [1.807, 2.05) is 0 Å². The fraction of sp³-hybridized carbons (Fsp3) is 0.300. The van der Waals surface area contributed by atoms with Crippen molar-refractivity contribution >= 4 is 47.3 Å². The topological polar surface area (TPSA) is 187 Å². The van der Waals surface area contributed by atoms with Gasteiger partial charge in [-0.3, -0.25) is 14.4 Å². The predicted octanol–water partition coefficient (Wildman–Crippen LogP) is -0.205. The summed E-state index contributed by atoms with van der Waals surface area (Å²) in [6.07, 6.45) is -1.08. The van der Waals surface area contributed by atoms with Gasteiger partial charge in [-0.25, -0.2) is 9.59 Å². The van der Waals surface area contributed by atoms with Crippen LogP contribution in [0.5, 0.6) is 5.75 Å². The average Bonchev–Trinajstić information content (AvgIpc) is 2.78. The van der Waals surface area contributed by atoms with E-state index in [1.165, 1.54) is 43.7 Å². The molecule has 2 heterocycles. The number of hydrogen-bond acceptors (Lipinski definition) is 10. The minimum absolute atomic E-state index is 0.162. The Bertz CT molecular complexity index is 1100. The van der Waals surface area contributed by atoms with E-state index in [0.717, 1.165) is 16.7 Å². The Morgan fingerprint density at radius 3 is 2.65 bits per heavy atom. The van der Waals surface area contributed by atoms with Crippen LogP contribution in [0.25, 0.3) is 0 Å². The van der Waals surface area contributed by atoms with Crippen molar-refractivity contribution in [2.24, 2.45) is 10.9 Å². The van der Waals surface area contributed by atoms with Crippen LogP contribution >= 0.6 is 11.8 Å². The minimum atomic E-state index is -1.38. The van der Waals surface area contributed by atoms with E-state index in [2.05, 4.69) is 15.2 Å². The number of rotatable bonds is 8. The molecule has 1 aromatic carbocycles. The molecule has 1 aromatic rings. The van der Waals surface area contributed by atoms with Crippen molar-refractivity contribution in [3.05, 3.63) is 40.8 Å². The number of carbonyl (C=O) groups is 5. The third-order valence-corrected chi connectivity index (χ3v) is 5.95. The van der Waals surface area contributed by atoms with Crippen LogP contribution in [0.3, 0.4) is 0 Å². The summed E-state index contributed by atoms with van der Waals surface area (Å²) in [6.45, 7) is 0.833. The van der Waals surface area contributed by atoms with Crippen LogP contribution < -0.4 is 15.8 Å². The number of ether oxygens (including phenoxy) is 2. The van der Waals surface area contributed by atoms with Gasteiger partial charge in [-0.2, -0.15) is 0 Å². The molecule has 3 rings (SSSR count). The summed E-state index contributed by atoms with van der Waals surface area (Å²) in [5.41, 5.74) is 5.16. The van der Waals surface area contributed by atoms with E-state index in [-0.39, 0.29) is 22.6 Å². The third kappa shape index (κ3) is 5.11. The Morgan fingerprint density at radius 1 is 1.29 bits per heavy atom. The monoisotopic (exact) mass is 492 g/mol. The van der Waals surface area contributed by atoms with Crippen LogP contribution in [-0.2, 0) is 28.8 Å². The molecule has 1 saturated heterocycles. The maximum Gasteiger partial charge on any atom is 0.404 e. The van der Waals surface area contributed by atoms with Gasteiger partial charge in [-0.1, -0.05) is 17.3 Å². The first-order valence-corrected chi connectivity index (χ1v) is 10.6. The molecule has 0 spiro atoms. The van der Waals surface area contributed by atoms with Crippen molar-refractivity contribution in [1.82, 2.24) is 10.2 Å². The number of esters is 1. The van der Waals surface area contributed by atoms with Crippen LogP contribution in [-0.4, -0.2) is 76.7 Å². The van der Waals surface area contributed by atoms with E-state index >= 15 is 0 Å². The third-order valence-electron chi connectivity index (χ3n) is 4.74. The number of carboxylic acid groups (broad SMARTS) is 1. The fourth-order valence-electron chi connectivity index (χ4n) is 3.38. The molecule has 2 aliphatic rings. The molecule has 34 heavy (non-hydrogen) atoms. The van der Waals surface area contributed by atoms with Gasteiger partial charge in [0.25, 0.3) is 5.91 Å². The summed E-state index contributed by atoms with van der Waals surface area (Å²) in [4.78, 5) is 65.4. The van der Waals surface area contributed by atoms with Gasteiger partial charge < -0.3 is 35.4 Å². The molecular formula is C20H20N4O9S. The van der Waals surface area contributed by atoms with Crippen LogP contribution in [0.2, 0.25) is 0 Å². The number of nitrogens with two attached hydrogens (primary N) is 1. The largest absolute Gasteiger partial charge is 0.479 e. The van der Waals surface area contributed by atoms with E-state index in [1.54, 1.807) is 0 Å². The quantitative estimate of drug-likeness (QED) is 0.144. The molecule has 1 fully saturated rings. The molecule has 4 N–H and O–H groups in total. The average molecular weight is 492 g/mol. The van der Waals surface area contributed by atoms with Crippen LogP contribution in [0.1, 0.15) is 12.5 Å². The molecule has 13 nitrogen and oxygen atoms in total. The minimum Gasteiger partial charge on any atom is -0.479 e. The van der Waals surface area contributed by atoms with Crippen LogP contribution in [0, 0.1) is 0 Å². The highest BCUT2D eigenvalue weighted by Crippen LogP contribution is 2.40. The van der Waals surface area contributed by atoms with Gasteiger partial charge in [0.2, 0.25) is 5.91 Å². The molecule has 180 valence electrons. The first-order valence-electron chi connectivity index (χ1n) is 9.66. The number of hydrogen-bond donors (Lipinski definition) is 3. The number of benzene rings is 1. The lowest BCUT2D eigenvalue weighted by Crippen LogP contribution is -2.74. The second-order valence-corrected chi connectivity index (χ2v) is 8.00. The second-order valence-electron chi connectivity index (χ2n) is 7.01. The lowest BCUT2D eigenvalue weighted by molar-refractivity contribution is -0.160. The molecule has 0 radical (unpaired) electrons. The normalized spacial score (nSPS) is 21.4. The van der Waals surface area contributed by atoms with E-state index < -0.39 is 53.9 Å². The Balaban J connectivity index is 1.78. The lowest BCUT2D eigenvalue weighted by Gasteiger charge is -2.51. The van der Waals surface area contributed by atoms with Gasteiger partial charge in [0.15, 0.2) is 11.8 Å². The molecule has 0 aliphatic carbocycles. The standard InChI is InChI=1S/C20H20N4O9S/c1-9(25)33-12-5-3-4-10(6-12)13(23-31-2)16(26)22-14-17(27)24-15(19(28)29)11(7-32-20(21)30)8-34-18(14)24/h3-6,8,14-15,18H,7H2,1-2H3,(H2,21,30)(H,22,26)(H,28,29)/b23-13+/t14?,15?,18-/m1/s1. The predicted molar refractivity (Wildman–Crippen MR) is 116 cm³/mol. The second kappa shape index (κ2) is 10.2. The zero-order chi connectivity index (χ0) is 25.0. The Labute approximate surface area is 196 Å². The van der Waals surface area contributed by atoms with Gasteiger partial charge >= 0.3 is 18.0 Å². The molecular weight excluding hydrogens is 472 g/mol. The SMILES string of the molecule is CO/N=C(/C(=O)NC1C(=O)N2C(C(=O)O)C(COC(N)=O)=CS[C@H]12)c1cccc(OC(C)=O)c1. The van der Waals surface area contributed by atoms with Gasteiger partial charge in [0, 0.05) is 18.1 Å². The number of thioether (sulfide) groups is 1. The van der Waals surface area contributed by atoms with Crippen molar-refractivity contribution in [3.8, 4) is 5.75 Å². The molecule has 0 saturated carbocycles. The first-order chi connectivity index (χ1) is 16.1. The lowest BCUT2D eigenvalue weighted by atomic mass is 9.98. The molecule has 0 bridgehead atoms. The van der Waals surface area contributed by atoms with Gasteiger partial charge in [0.1, 0.15) is 30.9 Å². The summed E-state index contributed by atoms with van der Waals surface area (Å²) in [6, 6.07) is 3.56. The first kappa shape index (κ1) is 24.6. The number of nitrogens with one attached hydrogen (secondary N) is 1. The molecule has 3 atom stereocenters. The maximum absolute atomic E-state index is 12.9. The summed E-state index contributed by atoms with van der Waals surface area (Å²) >= 11 is 1.08. The molecule has 3 amide bonds. The molecule has 0 aromatic heterocycles. The smallest absolute Gasteiger partial charge is 0.404 e. The molecule has 2 aliphatic heterocycles. The van der Waals surface area contributed by atoms with E-state index in [0.29, 0.717) is 0 Å². The summed E-state index contributed by atoms with van der Waals surface area (Å²) in [5.74, 6) is -3.11. The van der Waals surface area contributed by atoms with Crippen molar-refractivity contribution < 1.29 is 43.4 Å². The van der Waals surface area contributed by atoms with E-state index in [9.17, 15) is 29.1 Å². The number of aliphatic carboxylic acids is 1. The van der Waals surface area contributed by atoms with Crippen molar-refractivity contribution in [3.63, 3.8) is 0 Å². The summed E-state index contributed by atoms with van der Waals surface area (Å²) in [7, 11) is 1.23. The van der Waals surface area contributed by atoms with Crippen LogP contribution in [0.15, 0.2) is 40.4 Å². The number of carboxylic acids is 1. The van der Waals surface area contributed by atoms with Gasteiger partial charge in [0.05, 0.1) is 0 Å². The van der Waals surface area contributed by atoms with Crippen molar-refractivity contribution in [2.45, 2.75) is 24.4 Å². The van der Waals surface area contributed by atoms with E-state index in [4.69, 9.17) is 15.3 Å². The Morgan fingerprint density at radius 2 is 2.03 bits per heavy atom. The van der Waals surface area contributed by atoms with Crippen LogP contribution in [0.4, 0.5) is 4.79 Å². The maximum atomic E-state index is 12.9. The fourth-order valence-corrected chi connectivity index (χ4v) is 4.59. The highest BCUT2D eigenvalue weighted by molar-refractivity contribution is 8.03. The van der Waals surface area contributed by atoms with Gasteiger partial charge in [-0.15, -0.1) is 11.8 Å². The number of nitrogens with zero attached hydrogens (tertiary/aromatic N) is 2. The Kier molecular flexibility index (Phi) is 7.40. The highest BCUT2D eigenvalue weighted by atomic mass is 32.2. The highest BCUT2D eigenvalue weighted by Gasteiger charge is 2.56. The van der Waals surface area contributed by atoms with Crippen molar-refractivity contribution in [1.29, 1.82) is 0 Å². The van der Waals surface area contributed by atoms with Crippen molar-refractivity contribution in [2.75, 3.05) is 13.7 Å². The zero-order valence-corrected chi connectivity index (χ0v) is 18.7. The number of primary amides is 1. The molecule has 2 unspecified atom stereocenters. The number of amides is 3.